The minimum Gasteiger partial charge on any atom is -0.484 e. The lowest BCUT2D eigenvalue weighted by Crippen LogP contribution is -2.44. The molecule has 28 heavy (non-hydrogen) atoms. The highest BCUT2D eigenvalue weighted by Gasteiger charge is 2.26. The summed E-state index contributed by atoms with van der Waals surface area (Å²) in [6.45, 7) is 4.87. The van der Waals surface area contributed by atoms with E-state index in [1.165, 1.54) is 0 Å². The summed E-state index contributed by atoms with van der Waals surface area (Å²) in [4.78, 5) is 14.7. The van der Waals surface area contributed by atoms with Gasteiger partial charge in [-0.05, 0) is 76.5 Å². The predicted octanol–water partition coefficient (Wildman–Crippen LogP) is 1.76. The van der Waals surface area contributed by atoms with Crippen LogP contribution in [0.1, 0.15) is 37.7 Å². The molecule has 2 saturated heterocycles. The molecule has 1 amide bonds. The molecule has 0 spiro atoms. The lowest BCUT2D eigenvalue weighted by molar-refractivity contribution is -0.124. The fourth-order valence-electron chi connectivity index (χ4n) is 3.76. The van der Waals surface area contributed by atoms with Crippen LogP contribution in [0.3, 0.4) is 0 Å². The van der Waals surface area contributed by atoms with E-state index in [1.807, 2.05) is 0 Å². The van der Waals surface area contributed by atoms with Gasteiger partial charge in [0.2, 0.25) is 10.0 Å². The van der Waals surface area contributed by atoms with Crippen molar-refractivity contribution in [3.05, 3.63) is 23.8 Å². The molecule has 1 N–H and O–H groups in total. The van der Waals surface area contributed by atoms with Gasteiger partial charge in [-0.25, -0.2) is 8.42 Å². The molecular formula is C20H31N3O4S. The number of benzene rings is 1. The monoisotopic (exact) mass is 409 g/mol. The van der Waals surface area contributed by atoms with Gasteiger partial charge in [-0.2, -0.15) is 4.31 Å². The molecule has 2 heterocycles. The molecule has 7 nitrogen and oxygen atoms in total. The number of hydrogen-bond acceptors (Lipinski definition) is 5. The van der Waals surface area contributed by atoms with Crippen molar-refractivity contribution in [1.82, 2.24) is 14.5 Å². The normalized spacial score (nSPS) is 20.1. The van der Waals surface area contributed by atoms with Crippen LogP contribution in [0.25, 0.3) is 0 Å². The van der Waals surface area contributed by atoms with Crippen molar-refractivity contribution in [1.29, 1.82) is 0 Å². The summed E-state index contributed by atoms with van der Waals surface area (Å²) in [5.41, 5.74) is 0.713. The Hall–Kier alpha value is -1.64. The molecule has 0 bridgehead atoms. The number of piperidine rings is 2. The minimum absolute atomic E-state index is 0.0641. The number of nitrogens with one attached hydrogen (secondary N) is 1. The van der Waals surface area contributed by atoms with Gasteiger partial charge >= 0.3 is 0 Å². The smallest absolute Gasteiger partial charge is 0.258 e. The van der Waals surface area contributed by atoms with Crippen molar-refractivity contribution in [3.8, 4) is 5.75 Å². The molecule has 1 aromatic rings. The number of sulfonamides is 1. The van der Waals surface area contributed by atoms with E-state index in [1.54, 1.807) is 29.4 Å². The van der Waals surface area contributed by atoms with E-state index in [-0.39, 0.29) is 23.5 Å². The van der Waals surface area contributed by atoms with Crippen molar-refractivity contribution in [3.63, 3.8) is 0 Å². The topological polar surface area (TPSA) is 78.9 Å². The van der Waals surface area contributed by atoms with Gasteiger partial charge < -0.3 is 15.0 Å². The first-order valence-electron chi connectivity index (χ1n) is 10.1. The summed E-state index contributed by atoms with van der Waals surface area (Å²) in [6.07, 6.45) is 4.80. The maximum atomic E-state index is 12.8. The molecule has 2 aliphatic rings. The highest BCUT2D eigenvalue weighted by molar-refractivity contribution is 7.89. The maximum Gasteiger partial charge on any atom is 0.258 e. The molecule has 0 aromatic heterocycles. The minimum atomic E-state index is -3.46. The molecule has 156 valence electrons. The third kappa shape index (κ3) is 5.24. The molecule has 0 aliphatic carbocycles. The average molecular weight is 410 g/mol. The lowest BCUT2D eigenvalue weighted by Gasteiger charge is -2.29. The third-order valence-corrected chi connectivity index (χ3v) is 7.44. The Labute approximate surface area is 168 Å². The number of hydrogen-bond donors (Lipinski definition) is 1. The van der Waals surface area contributed by atoms with Crippen molar-refractivity contribution in [2.24, 2.45) is 0 Å². The van der Waals surface area contributed by atoms with Crippen LogP contribution in [0.4, 0.5) is 0 Å². The number of carbonyl (C=O) groups excluding carboxylic acids is 1. The predicted molar refractivity (Wildman–Crippen MR) is 108 cm³/mol. The standard InChI is InChI=1S/C20H31N3O4S/c1-16-14-18(28(25,26)23-10-4-3-5-11-23)6-7-19(16)27-15-20(24)21-17-8-12-22(2)13-9-17/h6-7,14,17H,3-5,8-13,15H2,1-2H3,(H,21,24). The number of carbonyl (C=O) groups is 1. The van der Waals surface area contributed by atoms with Gasteiger partial charge in [-0.3, -0.25) is 4.79 Å². The number of ether oxygens (including phenoxy) is 1. The van der Waals surface area contributed by atoms with Gasteiger partial charge in [-0.1, -0.05) is 6.42 Å². The van der Waals surface area contributed by atoms with Crippen LogP contribution in [0.15, 0.2) is 23.1 Å². The highest BCUT2D eigenvalue weighted by Crippen LogP contribution is 2.25. The van der Waals surface area contributed by atoms with Crippen LogP contribution in [0.2, 0.25) is 0 Å². The largest absolute Gasteiger partial charge is 0.484 e. The van der Waals surface area contributed by atoms with E-state index in [9.17, 15) is 13.2 Å². The first-order valence-corrected chi connectivity index (χ1v) is 11.5. The van der Waals surface area contributed by atoms with Crippen molar-refractivity contribution in [2.45, 2.75) is 50.0 Å². The second kappa shape index (κ2) is 9.24. The molecule has 3 rings (SSSR count). The Balaban J connectivity index is 1.56. The van der Waals surface area contributed by atoms with E-state index in [0.29, 0.717) is 24.4 Å². The zero-order chi connectivity index (χ0) is 20.1. The van der Waals surface area contributed by atoms with E-state index in [4.69, 9.17) is 4.74 Å². The van der Waals surface area contributed by atoms with Crippen LogP contribution in [-0.4, -0.2) is 69.4 Å². The highest BCUT2D eigenvalue weighted by atomic mass is 32.2. The maximum absolute atomic E-state index is 12.8. The van der Waals surface area contributed by atoms with Gasteiger partial charge in [0.25, 0.3) is 5.91 Å². The first-order chi connectivity index (χ1) is 13.4. The summed E-state index contributed by atoms with van der Waals surface area (Å²) >= 11 is 0. The quantitative estimate of drug-likeness (QED) is 0.775. The number of aryl methyl sites for hydroxylation is 1. The van der Waals surface area contributed by atoms with Crippen LogP contribution in [0.5, 0.6) is 5.75 Å². The SMILES string of the molecule is Cc1cc(S(=O)(=O)N2CCCCC2)ccc1OCC(=O)NC1CCN(C)CC1. The van der Waals surface area contributed by atoms with Crippen LogP contribution in [0, 0.1) is 6.92 Å². The second-order valence-electron chi connectivity index (χ2n) is 7.83. The summed E-state index contributed by atoms with van der Waals surface area (Å²) in [7, 11) is -1.38. The van der Waals surface area contributed by atoms with Crippen LogP contribution >= 0.6 is 0 Å². The van der Waals surface area contributed by atoms with Crippen molar-refractivity contribution >= 4 is 15.9 Å². The molecule has 2 aliphatic heterocycles. The fraction of sp³-hybridized carbons (Fsp3) is 0.650. The van der Waals surface area contributed by atoms with Crippen molar-refractivity contribution in [2.75, 3.05) is 39.8 Å². The molecule has 1 aromatic carbocycles. The number of amides is 1. The average Bonchev–Trinajstić information content (AvgIpc) is 2.69. The molecule has 0 unspecified atom stereocenters. The summed E-state index contributed by atoms with van der Waals surface area (Å²) in [5, 5.41) is 3.01. The Kier molecular flexibility index (Phi) is 6.95. The molecular weight excluding hydrogens is 378 g/mol. The Morgan fingerprint density at radius 3 is 2.46 bits per heavy atom. The van der Waals surface area contributed by atoms with Crippen molar-refractivity contribution < 1.29 is 17.9 Å². The molecule has 0 radical (unpaired) electrons. The zero-order valence-electron chi connectivity index (χ0n) is 16.8. The fourth-order valence-corrected chi connectivity index (χ4v) is 5.37. The molecule has 2 fully saturated rings. The number of nitrogens with zero attached hydrogens (tertiary/aromatic N) is 2. The number of likely N-dealkylation sites (tertiary alicyclic amines) is 1. The zero-order valence-corrected chi connectivity index (χ0v) is 17.6. The van der Waals surface area contributed by atoms with Gasteiger partial charge in [-0.15, -0.1) is 0 Å². The first kappa shape index (κ1) is 21.1. The van der Waals surface area contributed by atoms with E-state index >= 15 is 0 Å². The molecule has 8 heteroatoms. The Morgan fingerprint density at radius 2 is 1.82 bits per heavy atom. The van der Waals surface area contributed by atoms with Gasteiger partial charge in [0.15, 0.2) is 6.61 Å². The van der Waals surface area contributed by atoms with Gasteiger partial charge in [0, 0.05) is 19.1 Å². The lowest BCUT2D eigenvalue weighted by atomic mass is 10.1. The summed E-state index contributed by atoms with van der Waals surface area (Å²) in [6, 6.07) is 5.05. The third-order valence-electron chi connectivity index (χ3n) is 5.54. The summed E-state index contributed by atoms with van der Waals surface area (Å²) in [5.74, 6) is 0.398. The molecule has 0 atom stereocenters. The van der Waals surface area contributed by atoms with Crippen LogP contribution in [-0.2, 0) is 14.8 Å². The second-order valence-corrected chi connectivity index (χ2v) is 9.76. The van der Waals surface area contributed by atoms with E-state index in [2.05, 4.69) is 17.3 Å². The van der Waals surface area contributed by atoms with Gasteiger partial charge in [0.1, 0.15) is 5.75 Å². The van der Waals surface area contributed by atoms with E-state index in [0.717, 1.165) is 45.2 Å². The Morgan fingerprint density at radius 1 is 1.14 bits per heavy atom. The van der Waals surface area contributed by atoms with Crippen LogP contribution < -0.4 is 10.1 Å². The Bertz CT molecular complexity index is 783. The van der Waals surface area contributed by atoms with E-state index < -0.39 is 10.0 Å². The number of rotatable bonds is 6. The molecule has 0 saturated carbocycles. The summed E-state index contributed by atoms with van der Waals surface area (Å²) < 4.78 is 32.8. The van der Waals surface area contributed by atoms with Gasteiger partial charge in [0.05, 0.1) is 4.90 Å².